The standard InChI is InChI=1S/C11H9BrClNO3S2/c1-17-10-3-2-7(13)6-9(10)14-19(15,16)11-8(12)4-5-18-11/h2-6,14H,1H3. The molecule has 0 radical (unpaired) electrons. The summed E-state index contributed by atoms with van der Waals surface area (Å²) in [5, 5.41) is 2.11. The Bertz CT molecular complexity index is 700. The van der Waals surface area contributed by atoms with Crippen molar-refractivity contribution in [2.24, 2.45) is 0 Å². The number of hydrogen-bond acceptors (Lipinski definition) is 4. The van der Waals surface area contributed by atoms with Crippen LogP contribution in [0.1, 0.15) is 0 Å². The summed E-state index contributed by atoms with van der Waals surface area (Å²) in [6.45, 7) is 0. The maximum Gasteiger partial charge on any atom is 0.272 e. The summed E-state index contributed by atoms with van der Waals surface area (Å²) in [4.78, 5) is 0. The van der Waals surface area contributed by atoms with E-state index in [1.807, 2.05) is 0 Å². The van der Waals surface area contributed by atoms with Crippen molar-refractivity contribution in [3.8, 4) is 5.75 Å². The molecule has 0 aliphatic heterocycles. The minimum absolute atomic E-state index is 0.203. The van der Waals surface area contributed by atoms with Gasteiger partial charge in [-0.2, -0.15) is 0 Å². The van der Waals surface area contributed by atoms with Crippen molar-refractivity contribution >= 4 is 54.6 Å². The molecule has 19 heavy (non-hydrogen) atoms. The number of thiophene rings is 1. The number of hydrogen-bond donors (Lipinski definition) is 1. The maximum atomic E-state index is 12.2. The van der Waals surface area contributed by atoms with E-state index < -0.39 is 10.0 Å². The molecule has 0 fully saturated rings. The Morgan fingerprint density at radius 3 is 2.68 bits per heavy atom. The molecule has 0 bridgehead atoms. The van der Waals surface area contributed by atoms with Gasteiger partial charge in [-0.3, -0.25) is 4.72 Å². The molecule has 0 atom stereocenters. The minimum atomic E-state index is -3.67. The third-order valence-electron chi connectivity index (χ3n) is 2.23. The Morgan fingerprint density at radius 1 is 1.37 bits per heavy atom. The van der Waals surface area contributed by atoms with Crippen LogP contribution in [0.25, 0.3) is 0 Å². The van der Waals surface area contributed by atoms with E-state index in [4.69, 9.17) is 16.3 Å². The van der Waals surface area contributed by atoms with Crippen LogP contribution in [-0.2, 0) is 10.0 Å². The number of nitrogens with one attached hydrogen (secondary N) is 1. The van der Waals surface area contributed by atoms with E-state index in [1.54, 1.807) is 23.6 Å². The summed E-state index contributed by atoms with van der Waals surface area (Å²) in [5.41, 5.74) is 0.301. The molecular formula is C11H9BrClNO3S2. The SMILES string of the molecule is COc1ccc(Cl)cc1NS(=O)(=O)c1sccc1Br. The van der Waals surface area contributed by atoms with E-state index >= 15 is 0 Å². The van der Waals surface area contributed by atoms with Gasteiger partial charge in [0.25, 0.3) is 10.0 Å². The van der Waals surface area contributed by atoms with E-state index in [0.717, 1.165) is 11.3 Å². The number of anilines is 1. The van der Waals surface area contributed by atoms with Crippen LogP contribution in [0.2, 0.25) is 5.02 Å². The van der Waals surface area contributed by atoms with Crippen molar-refractivity contribution in [1.82, 2.24) is 0 Å². The number of methoxy groups -OCH3 is 1. The quantitative estimate of drug-likeness (QED) is 0.870. The fourth-order valence-electron chi connectivity index (χ4n) is 1.42. The van der Waals surface area contributed by atoms with Crippen molar-refractivity contribution < 1.29 is 13.2 Å². The first-order chi connectivity index (χ1) is 8.94. The summed E-state index contributed by atoms with van der Waals surface area (Å²) < 4.78 is 32.8. The number of rotatable bonds is 4. The van der Waals surface area contributed by atoms with Gasteiger partial charge < -0.3 is 4.74 Å². The summed E-state index contributed by atoms with van der Waals surface area (Å²) in [7, 11) is -2.21. The average molecular weight is 383 g/mol. The van der Waals surface area contributed by atoms with Gasteiger partial charge in [0.15, 0.2) is 4.21 Å². The number of ether oxygens (including phenoxy) is 1. The fraction of sp³-hybridized carbons (Fsp3) is 0.0909. The second kappa shape index (κ2) is 5.70. The number of halogens is 2. The van der Waals surface area contributed by atoms with Crippen LogP contribution in [0, 0.1) is 0 Å². The van der Waals surface area contributed by atoms with Gasteiger partial charge in [-0.05, 0) is 45.6 Å². The van der Waals surface area contributed by atoms with E-state index in [9.17, 15) is 8.42 Å². The Labute approximate surface area is 128 Å². The summed E-state index contributed by atoms with van der Waals surface area (Å²) in [5.74, 6) is 0.403. The molecule has 1 N–H and O–H groups in total. The molecule has 2 rings (SSSR count). The molecule has 0 saturated heterocycles. The average Bonchev–Trinajstić information content (AvgIpc) is 2.76. The molecule has 2 aromatic rings. The molecule has 1 aromatic heterocycles. The molecule has 0 saturated carbocycles. The first kappa shape index (κ1) is 14.6. The Kier molecular flexibility index (Phi) is 4.39. The van der Waals surface area contributed by atoms with Crippen LogP contribution in [0.5, 0.6) is 5.75 Å². The van der Waals surface area contributed by atoms with E-state index in [2.05, 4.69) is 20.7 Å². The molecule has 0 aliphatic rings. The third kappa shape index (κ3) is 3.22. The topological polar surface area (TPSA) is 55.4 Å². The second-order valence-electron chi connectivity index (χ2n) is 3.51. The third-order valence-corrected chi connectivity index (χ3v) is 6.50. The lowest BCUT2D eigenvalue weighted by Gasteiger charge is -2.11. The molecule has 0 unspecified atom stereocenters. The highest BCUT2D eigenvalue weighted by molar-refractivity contribution is 9.10. The lowest BCUT2D eigenvalue weighted by molar-refractivity contribution is 0.417. The van der Waals surface area contributed by atoms with Crippen molar-refractivity contribution in [3.05, 3.63) is 39.1 Å². The zero-order valence-corrected chi connectivity index (χ0v) is 13.7. The molecule has 1 aromatic carbocycles. The first-order valence-corrected chi connectivity index (χ1v) is 8.57. The smallest absolute Gasteiger partial charge is 0.272 e. The normalized spacial score (nSPS) is 11.3. The highest BCUT2D eigenvalue weighted by atomic mass is 79.9. The predicted molar refractivity (Wildman–Crippen MR) is 80.8 cm³/mol. The Hall–Kier alpha value is -0.760. The molecular weight excluding hydrogens is 374 g/mol. The Morgan fingerprint density at radius 2 is 2.11 bits per heavy atom. The van der Waals surface area contributed by atoms with Gasteiger partial charge >= 0.3 is 0 Å². The van der Waals surface area contributed by atoms with E-state index in [-0.39, 0.29) is 4.21 Å². The largest absolute Gasteiger partial charge is 0.495 e. The minimum Gasteiger partial charge on any atom is -0.495 e. The molecule has 102 valence electrons. The maximum absolute atomic E-state index is 12.2. The van der Waals surface area contributed by atoms with Crippen LogP contribution in [0.15, 0.2) is 38.3 Å². The molecule has 1 heterocycles. The van der Waals surface area contributed by atoms with Crippen LogP contribution in [-0.4, -0.2) is 15.5 Å². The number of sulfonamides is 1. The van der Waals surface area contributed by atoms with E-state index in [1.165, 1.54) is 13.2 Å². The van der Waals surface area contributed by atoms with Crippen LogP contribution >= 0.6 is 38.9 Å². The lowest BCUT2D eigenvalue weighted by Crippen LogP contribution is -2.12. The molecule has 4 nitrogen and oxygen atoms in total. The van der Waals surface area contributed by atoms with Crippen LogP contribution in [0.3, 0.4) is 0 Å². The summed E-state index contributed by atoms with van der Waals surface area (Å²) in [6.07, 6.45) is 0. The van der Waals surface area contributed by atoms with Gasteiger partial charge in [0.05, 0.1) is 12.8 Å². The molecule has 8 heteroatoms. The lowest BCUT2D eigenvalue weighted by atomic mass is 10.3. The highest BCUT2D eigenvalue weighted by Crippen LogP contribution is 2.33. The predicted octanol–water partition coefficient (Wildman–Crippen LogP) is 3.97. The molecule has 0 amide bonds. The fourth-order valence-corrected chi connectivity index (χ4v) is 4.99. The van der Waals surface area contributed by atoms with Gasteiger partial charge in [-0.15, -0.1) is 11.3 Å². The second-order valence-corrected chi connectivity index (χ2v) is 7.59. The van der Waals surface area contributed by atoms with Gasteiger partial charge in [0.1, 0.15) is 5.75 Å². The van der Waals surface area contributed by atoms with Crippen LogP contribution < -0.4 is 9.46 Å². The zero-order chi connectivity index (χ0) is 14.0. The van der Waals surface area contributed by atoms with Gasteiger partial charge in [-0.25, -0.2) is 8.42 Å². The van der Waals surface area contributed by atoms with Crippen LogP contribution in [0.4, 0.5) is 5.69 Å². The first-order valence-electron chi connectivity index (χ1n) is 5.03. The van der Waals surface area contributed by atoms with Gasteiger partial charge in [-0.1, -0.05) is 11.6 Å². The molecule has 0 aliphatic carbocycles. The summed E-state index contributed by atoms with van der Waals surface area (Å²) >= 11 is 10.2. The van der Waals surface area contributed by atoms with Crippen molar-refractivity contribution in [3.63, 3.8) is 0 Å². The van der Waals surface area contributed by atoms with Gasteiger partial charge in [0, 0.05) is 9.50 Å². The summed E-state index contributed by atoms with van der Waals surface area (Å²) in [6, 6.07) is 6.40. The Balaban J connectivity index is 2.41. The van der Waals surface area contributed by atoms with Crippen molar-refractivity contribution in [2.75, 3.05) is 11.8 Å². The monoisotopic (exact) mass is 381 g/mol. The molecule has 0 spiro atoms. The van der Waals surface area contributed by atoms with Gasteiger partial charge in [0.2, 0.25) is 0 Å². The van der Waals surface area contributed by atoms with Crippen molar-refractivity contribution in [2.45, 2.75) is 4.21 Å². The van der Waals surface area contributed by atoms with E-state index in [0.29, 0.717) is 20.9 Å². The van der Waals surface area contributed by atoms with Crippen molar-refractivity contribution in [1.29, 1.82) is 0 Å². The zero-order valence-electron chi connectivity index (χ0n) is 9.68. The highest BCUT2D eigenvalue weighted by Gasteiger charge is 2.21. The number of benzene rings is 1.